The van der Waals surface area contributed by atoms with Gasteiger partial charge in [-0.1, -0.05) is 0 Å². The average molecular weight is 114 g/mol. The van der Waals surface area contributed by atoms with Crippen molar-refractivity contribution in [3.63, 3.8) is 0 Å². The number of rotatable bonds is 1. The third-order valence-corrected chi connectivity index (χ3v) is 0.0333. The van der Waals surface area contributed by atoms with Crippen molar-refractivity contribution in [2.45, 2.75) is 0 Å². The van der Waals surface area contributed by atoms with Crippen LogP contribution < -0.4 is 59.1 Å². The van der Waals surface area contributed by atoms with Gasteiger partial charge in [0.2, 0.25) is 0 Å². The molecule has 0 aromatic heterocycles. The van der Waals surface area contributed by atoms with Crippen LogP contribution in [-0.2, 0) is 10.1 Å². The summed E-state index contributed by atoms with van der Waals surface area (Å²) in [5.41, 5.74) is 0. The van der Waals surface area contributed by atoms with Crippen molar-refractivity contribution in [3.05, 3.63) is 0 Å². The zero-order valence-corrected chi connectivity index (χ0v) is 7.71. The van der Waals surface area contributed by atoms with E-state index in [9.17, 15) is 0 Å². The Hall–Kier alpha value is 1.84. The van der Waals surface area contributed by atoms with Crippen LogP contribution in [0.1, 0.15) is 2.85 Å². The van der Waals surface area contributed by atoms with Gasteiger partial charge in [-0.05, 0) is 10.1 Å². The van der Waals surface area contributed by atoms with Gasteiger partial charge in [-0.3, -0.25) is 0 Å². The maximum absolute atomic E-state index is 6.90. The first-order valence-corrected chi connectivity index (χ1v) is 0.532. The summed E-state index contributed by atoms with van der Waals surface area (Å²) in [7, 11) is 0. The zero-order valence-electron chi connectivity index (χ0n) is 5.71. The maximum Gasteiger partial charge on any atom is 1.00 e. The van der Waals surface area contributed by atoms with Crippen LogP contribution in [0.25, 0.3) is 0 Å². The summed E-state index contributed by atoms with van der Waals surface area (Å²) in [6.07, 6.45) is 0. The first kappa shape index (κ1) is 15.7. The second-order valence-corrected chi connectivity index (χ2v) is 0.149. The molecule has 4 nitrogen and oxygen atoms in total. The fourth-order valence-electron chi connectivity index (χ4n) is 0. The standard InChI is InChI=1S/2Na.H2O4.2H/c;;1-3-4-2;;/h;;1-2H;;/q2*+1;;2*-1. The van der Waals surface area contributed by atoms with Crippen LogP contribution in [0.2, 0.25) is 0 Å². The van der Waals surface area contributed by atoms with E-state index in [4.69, 9.17) is 10.5 Å². The topological polar surface area (TPSA) is 58.9 Å². The van der Waals surface area contributed by atoms with Crippen molar-refractivity contribution in [3.8, 4) is 0 Å². The van der Waals surface area contributed by atoms with Crippen LogP contribution in [0.5, 0.6) is 0 Å². The van der Waals surface area contributed by atoms with Gasteiger partial charge in [0.15, 0.2) is 0 Å². The van der Waals surface area contributed by atoms with Crippen LogP contribution >= 0.6 is 0 Å². The summed E-state index contributed by atoms with van der Waals surface area (Å²) < 4.78 is 0. The fourth-order valence-corrected chi connectivity index (χ4v) is 0. The van der Waals surface area contributed by atoms with Gasteiger partial charge in [-0.15, -0.1) is 0 Å². The van der Waals surface area contributed by atoms with Crippen molar-refractivity contribution in [1.29, 1.82) is 0 Å². The monoisotopic (exact) mass is 114 g/mol. The summed E-state index contributed by atoms with van der Waals surface area (Å²) in [6, 6.07) is 0. The Labute approximate surface area is 81.8 Å². The molecule has 6 heteroatoms. The number of hydrogen-bond donors (Lipinski definition) is 2. The van der Waals surface area contributed by atoms with E-state index in [1.165, 1.54) is 0 Å². The summed E-state index contributed by atoms with van der Waals surface area (Å²) in [4.78, 5) is 0. The molecule has 0 aliphatic heterocycles. The van der Waals surface area contributed by atoms with Gasteiger partial charge in [0.1, 0.15) is 0 Å². The molecule has 0 atom stereocenters. The molecule has 0 radical (unpaired) electrons. The van der Waals surface area contributed by atoms with Crippen molar-refractivity contribution in [2.24, 2.45) is 0 Å². The minimum atomic E-state index is 0. The molecule has 0 aliphatic rings. The van der Waals surface area contributed by atoms with Gasteiger partial charge in [0.05, 0.1) is 0 Å². The first-order valence-electron chi connectivity index (χ1n) is 0.532. The molecule has 0 amide bonds. The summed E-state index contributed by atoms with van der Waals surface area (Å²) in [5, 5.41) is 19.0. The first-order chi connectivity index (χ1) is 1.91. The molecular formula is H4Na2O4. The van der Waals surface area contributed by atoms with Gasteiger partial charge < -0.3 is 2.85 Å². The SMILES string of the molecule is OOOO.[H-].[H-].[Na+].[Na+]. The van der Waals surface area contributed by atoms with E-state index >= 15 is 0 Å². The predicted molar refractivity (Wildman–Crippen MR) is 9.65 cm³/mol. The van der Waals surface area contributed by atoms with Crippen molar-refractivity contribution in [1.82, 2.24) is 0 Å². The van der Waals surface area contributed by atoms with Gasteiger partial charge in [0.25, 0.3) is 0 Å². The Morgan fingerprint density at radius 1 is 1.00 bits per heavy atom. The van der Waals surface area contributed by atoms with E-state index in [0.29, 0.717) is 0 Å². The van der Waals surface area contributed by atoms with Gasteiger partial charge >= 0.3 is 59.1 Å². The zero-order chi connectivity index (χ0) is 3.41. The molecule has 0 spiro atoms. The van der Waals surface area contributed by atoms with Gasteiger partial charge in [-0.2, -0.15) is 0 Å². The largest absolute Gasteiger partial charge is 1.00 e. The van der Waals surface area contributed by atoms with E-state index in [2.05, 4.69) is 10.1 Å². The Morgan fingerprint density at radius 2 is 1.17 bits per heavy atom. The fraction of sp³-hybridized carbons (Fsp3) is 0. The van der Waals surface area contributed by atoms with Crippen LogP contribution in [0, 0.1) is 0 Å². The van der Waals surface area contributed by atoms with Gasteiger partial charge in [0, 0.05) is 0 Å². The molecule has 0 aliphatic carbocycles. The molecule has 0 fully saturated rings. The number of hydrogen-bond acceptors (Lipinski definition) is 4. The quantitative estimate of drug-likeness (QED) is 0.202. The second-order valence-electron chi connectivity index (χ2n) is 0.149. The molecular weight excluding hydrogens is 110 g/mol. The van der Waals surface area contributed by atoms with E-state index in [1.807, 2.05) is 0 Å². The summed E-state index contributed by atoms with van der Waals surface area (Å²) in [6.45, 7) is 0. The third kappa shape index (κ3) is 17.0. The predicted octanol–water partition coefficient (Wildman–Crippen LogP) is -5.89. The van der Waals surface area contributed by atoms with Gasteiger partial charge in [-0.25, -0.2) is 10.5 Å². The Balaban J connectivity index is -0.00000000750. The molecule has 0 heterocycles. The van der Waals surface area contributed by atoms with Crippen LogP contribution in [-0.4, -0.2) is 10.5 Å². The minimum absolute atomic E-state index is 0. The van der Waals surface area contributed by atoms with E-state index < -0.39 is 0 Å². The molecule has 0 saturated carbocycles. The van der Waals surface area contributed by atoms with E-state index in [-0.39, 0.29) is 62.0 Å². The maximum atomic E-state index is 6.90. The Kier molecular flexibility index (Phi) is 41.3. The molecule has 6 heavy (non-hydrogen) atoms. The van der Waals surface area contributed by atoms with E-state index in [0.717, 1.165) is 0 Å². The van der Waals surface area contributed by atoms with Crippen LogP contribution in [0.15, 0.2) is 0 Å². The van der Waals surface area contributed by atoms with Crippen molar-refractivity contribution in [2.75, 3.05) is 0 Å². The Bertz CT molecular complexity index is 14.0. The van der Waals surface area contributed by atoms with E-state index in [1.54, 1.807) is 0 Å². The molecule has 0 unspecified atom stereocenters. The normalized spacial score (nSPS) is 5.00. The van der Waals surface area contributed by atoms with Crippen LogP contribution in [0.3, 0.4) is 0 Å². The molecule has 0 saturated heterocycles. The second kappa shape index (κ2) is 15.8. The average Bonchev–Trinajstić information content (AvgIpc) is 1.37. The molecule has 0 bridgehead atoms. The van der Waals surface area contributed by atoms with Crippen molar-refractivity contribution >= 4 is 0 Å². The molecule has 30 valence electrons. The van der Waals surface area contributed by atoms with Crippen LogP contribution in [0.4, 0.5) is 0 Å². The molecule has 0 rings (SSSR count). The van der Waals surface area contributed by atoms with Crippen molar-refractivity contribution < 1.29 is 82.6 Å². The molecule has 0 aromatic rings. The molecule has 2 N–H and O–H groups in total. The third-order valence-electron chi connectivity index (χ3n) is 0.0333. The smallest absolute Gasteiger partial charge is 1.00 e. The Morgan fingerprint density at radius 3 is 1.17 bits per heavy atom. The summed E-state index contributed by atoms with van der Waals surface area (Å²) >= 11 is 0. The summed E-state index contributed by atoms with van der Waals surface area (Å²) in [5.74, 6) is 0. The minimum Gasteiger partial charge on any atom is -1.00 e. The molecule has 0 aromatic carbocycles.